The average molecular weight is 448 g/mol. The summed E-state index contributed by atoms with van der Waals surface area (Å²) in [4.78, 5) is 25.7. The zero-order valence-electron chi connectivity index (χ0n) is 19.2. The Morgan fingerprint density at radius 2 is 1.55 bits per heavy atom. The number of carbonyl (C=O) groups is 2. The number of aromatic amines is 1. The lowest BCUT2D eigenvalue weighted by atomic mass is 9.68. The Morgan fingerprint density at radius 1 is 0.970 bits per heavy atom. The van der Waals surface area contributed by atoms with Gasteiger partial charge >= 0.3 is 12.1 Å². The fourth-order valence-electron chi connectivity index (χ4n) is 4.46. The van der Waals surface area contributed by atoms with Gasteiger partial charge in [-0.3, -0.25) is 5.10 Å². The molecule has 0 radical (unpaired) electrons. The Morgan fingerprint density at radius 3 is 2.03 bits per heavy atom. The molecule has 0 aliphatic carbocycles. The van der Waals surface area contributed by atoms with Crippen LogP contribution in [0.1, 0.15) is 55.1 Å². The minimum absolute atomic E-state index is 0.260. The molecule has 2 heterocycles. The maximum atomic E-state index is 12.6. The molecule has 7 heteroatoms. The number of nitrogens with zero attached hydrogens (tertiary/aromatic N) is 2. The largest absolute Gasteiger partial charge is 0.478 e. The van der Waals surface area contributed by atoms with Gasteiger partial charge in [-0.2, -0.15) is 5.10 Å². The highest BCUT2D eigenvalue weighted by Crippen LogP contribution is 2.42. The van der Waals surface area contributed by atoms with Crippen LogP contribution >= 0.6 is 0 Å². The van der Waals surface area contributed by atoms with E-state index in [0.717, 1.165) is 22.3 Å². The van der Waals surface area contributed by atoms with Gasteiger partial charge in [0.15, 0.2) is 0 Å². The lowest BCUT2D eigenvalue weighted by molar-refractivity contribution is 0.0179. The molecule has 0 saturated carbocycles. The first-order chi connectivity index (χ1) is 15.7. The van der Waals surface area contributed by atoms with Crippen LogP contribution in [-0.2, 0) is 10.2 Å². The highest BCUT2D eigenvalue weighted by molar-refractivity contribution is 5.87. The number of carboxylic acid groups (broad SMARTS) is 1. The monoisotopic (exact) mass is 447 g/mol. The summed E-state index contributed by atoms with van der Waals surface area (Å²) in [5.41, 5.74) is 3.66. The first-order valence-electron chi connectivity index (χ1n) is 11.1. The number of amides is 1. The van der Waals surface area contributed by atoms with E-state index in [-0.39, 0.29) is 17.1 Å². The Kier molecular flexibility index (Phi) is 5.97. The van der Waals surface area contributed by atoms with Crippen LogP contribution in [0.3, 0.4) is 0 Å². The number of aromatic nitrogens is 2. The van der Waals surface area contributed by atoms with Crippen molar-refractivity contribution in [2.24, 2.45) is 0 Å². The SMILES string of the molecule is CC(C)(C)OC(=O)N1CCC(c2ccc(C(=O)O)cc2)(c2ccc(-c3cn[nH]c3)cc2)CC1. The van der Waals surface area contributed by atoms with Crippen molar-refractivity contribution in [2.45, 2.75) is 44.6 Å². The summed E-state index contributed by atoms with van der Waals surface area (Å²) < 4.78 is 5.57. The molecule has 1 saturated heterocycles. The first-order valence-corrected chi connectivity index (χ1v) is 11.1. The summed E-state index contributed by atoms with van der Waals surface area (Å²) in [6, 6.07) is 15.5. The third kappa shape index (κ3) is 4.77. The number of nitrogens with one attached hydrogen (secondary N) is 1. The van der Waals surface area contributed by atoms with Gasteiger partial charge in [-0.25, -0.2) is 9.59 Å². The second-order valence-electron chi connectivity index (χ2n) is 9.50. The van der Waals surface area contributed by atoms with Gasteiger partial charge < -0.3 is 14.7 Å². The van der Waals surface area contributed by atoms with Crippen LogP contribution in [0.5, 0.6) is 0 Å². The van der Waals surface area contributed by atoms with Crippen molar-refractivity contribution < 1.29 is 19.4 Å². The molecule has 172 valence electrons. The summed E-state index contributed by atoms with van der Waals surface area (Å²) in [5.74, 6) is -0.945. The highest BCUT2D eigenvalue weighted by atomic mass is 16.6. The van der Waals surface area contributed by atoms with Crippen molar-refractivity contribution in [2.75, 3.05) is 13.1 Å². The molecule has 2 aromatic carbocycles. The van der Waals surface area contributed by atoms with Crippen molar-refractivity contribution in [1.82, 2.24) is 15.1 Å². The Labute approximate surface area is 193 Å². The predicted molar refractivity (Wildman–Crippen MR) is 125 cm³/mol. The molecule has 2 N–H and O–H groups in total. The second-order valence-corrected chi connectivity index (χ2v) is 9.50. The van der Waals surface area contributed by atoms with Crippen molar-refractivity contribution in [3.8, 4) is 11.1 Å². The van der Waals surface area contributed by atoms with Gasteiger partial charge in [0.25, 0.3) is 0 Å². The van der Waals surface area contributed by atoms with Crippen LogP contribution in [0.25, 0.3) is 11.1 Å². The molecule has 0 unspecified atom stereocenters. The summed E-state index contributed by atoms with van der Waals surface area (Å²) >= 11 is 0. The summed E-state index contributed by atoms with van der Waals surface area (Å²) in [6.45, 7) is 6.71. The van der Waals surface area contributed by atoms with Crippen LogP contribution in [0.4, 0.5) is 4.79 Å². The van der Waals surface area contributed by atoms with E-state index in [4.69, 9.17) is 4.74 Å². The number of H-pyrrole nitrogens is 1. The molecule has 1 fully saturated rings. The molecule has 0 atom stereocenters. The van der Waals surface area contributed by atoms with Gasteiger partial charge in [0, 0.05) is 30.3 Å². The molecule has 1 aliphatic heterocycles. The zero-order chi connectivity index (χ0) is 23.6. The van der Waals surface area contributed by atoms with Crippen molar-refractivity contribution in [1.29, 1.82) is 0 Å². The Bertz CT molecular complexity index is 1110. The summed E-state index contributed by atoms with van der Waals surface area (Å²) in [6.07, 6.45) is 4.77. The molecule has 0 spiro atoms. The number of likely N-dealkylation sites (tertiary alicyclic amines) is 1. The smallest absolute Gasteiger partial charge is 0.410 e. The number of ether oxygens (including phenoxy) is 1. The summed E-state index contributed by atoms with van der Waals surface area (Å²) in [7, 11) is 0. The molecule has 3 aromatic rings. The van der Waals surface area contributed by atoms with Gasteiger partial charge in [-0.05, 0) is 62.4 Å². The third-order valence-corrected chi connectivity index (χ3v) is 6.22. The molecule has 33 heavy (non-hydrogen) atoms. The van der Waals surface area contributed by atoms with Crippen molar-refractivity contribution in [3.05, 3.63) is 77.6 Å². The third-order valence-electron chi connectivity index (χ3n) is 6.22. The minimum atomic E-state index is -0.945. The van der Waals surface area contributed by atoms with Gasteiger partial charge in [-0.15, -0.1) is 0 Å². The molecular weight excluding hydrogens is 418 g/mol. The van der Waals surface area contributed by atoms with Crippen LogP contribution < -0.4 is 0 Å². The minimum Gasteiger partial charge on any atom is -0.478 e. The van der Waals surface area contributed by atoms with E-state index < -0.39 is 11.6 Å². The highest BCUT2D eigenvalue weighted by Gasteiger charge is 2.40. The molecule has 1 amide bonds. The topological polar surface area (TPSA) is 95.5 Å². The van der Waals surface area contributed by atoms with Gasteiger partial charge in [0.2, 0.25) is 0 Å². The Hall–Kier alpha value is -3.61. The van der Waals surface area contributed by atoms with Gasteiger partial charge in [-0.1, -0.05) is 36.4 Å². The van der Waals surface area contributed by atoms with E-state index in [1.807, 2.05) is 39.1 Å². The number of hydrogen-bond acceptors (Lipinski definition) is 4. The first kappa shape index (κ1) is 22.6. The number of aromatic carboxylic acids is 1. The zero-order valence-corrected chi connectivity index (χ0v) is 19.2. The van der Waals surface area contributed by atoms with Crippen LogP contribution in [0.15, 0.2) is 60.9 Å². The van der Waals surface area contributed by atoms with Crippen LogP contribution in [0.2, 0.25) is 0 Å². The van der Waals surface area contributed by atoms with Crippen molar-refractivity contribution >= 4 is 12.1 Å². The van der Waals surface area contributed by atoms with Crippen LogP contribution in [-0.4, -0.2) is 51.0 Å². The van der Waals surface area contributed by atoms with E-state index in [0.29, 0.717) is 25.9 Å². The molecular formula is C26H29N3O4. The standard InChI is InChI=1S/C26H29N3O4/c1-25(2,3)33-24(32)29-14-12-26(13-15-29,22-10-6-19(7-11-22)23(30)31)21-8-4-18(5-9-21)20-16-27-28-17-20/h4-11,16-17H,12-15H2,1-3H3,(H,27,28)(H,30,31). The number of carbonyl (C=O) groups excluding carboxylic acids is 1. The number of piperidine rings is 1. The fourth-order valence-corrected chi connectivity index (χ4v) is 4.46. The lowest BCUT2D eigenvalue weighted by Crippen LogP contribution is -2.47. The number of rotatable bonds is 4. The number of carboxylic acids is 1. The molecule has 7 nitrogen and oxygen atoms in total. The van der Waals surface area contributed by atoms with Crippen molar-refractivity contribution in [3.63, 3.8) is 0 Å². The van der Waals surface area contributed by atoms with Gasteiger partial charge in [0.05, 0.1) is 11.8 Å². The normalized spacial score (nSPS) is 15.8. The fraction of sp³-hybridized carbons (Fsp3) is 0.346. The molecule has 1 aliphatic rings. The number of hydrogen-bond donors (Lipinski definition) is 2. The quantitative estimate of drug-likeness (QED) is 0.581. The van der Waals surface area contributed by atoms with E-state index in [1.54, 1.807) is 23.2 Å². The molecule has 4 rings (SSSR count). The molecule has 0 bridgehead atoms. The molecule has 1 aromatic heterocycles. The van der Waals surface area contributed by atoms with Crippen LogP contribution in [0, 0.1) is 0 Å². The van der Waals surface area contributed by atoms with E-state index in [9.17, 15) is 14.7 Å². The summed E-state index contributed by atoms with van der Waals surface area (Å²) in [5, 5.41) is 16.2. The lowest BCUT2D eigenvalue weighted by Gasteiger charge is -2.43. The average Bonchev–Trinajstić information content (AvgIpc) is 3.33. The number of benzene rings is 2. The van der Waals surface area contributed by atoms with E-state index in [1.165, 1.54) is 0 Å². The van der Waals surface area contributed by atoms with Gasteiger partial charge in [0.1, 0.15) is 5.60 Å². The maximum absolute atomic E-state index is 12.6. The maximum Gasteiger partial charge on any atom is 0.410 e. The second kappa shape index (κ2) is 8.73. The van der Waals surface area contributed by atoms with E-state index >= 15 is 0 Å². The predicted octanol–water partition coefficient (Wildman–Crippen LogP) is 5.09. The van der Waals surface area contributed by atoms with E-state index in [2.05, 4.69) is 34.5 Å². The Balaban J connectivity index is 1.65.